The Hall–Kier alpha value is -1.89. The molecule has 0 aliphatic carbocycles. The van der Waals surface area contributed by atoms with Crippen LogP contribution in [0.3, 0.4) is 0 Å². The van der Waals surface area contributed by atoms with Crippen molar-refractivity contribution in [1.29, 1.82) is 0 Å². The molecule has 1 saturated heterocycles. The number of methoxy groups -OCH3 is 1. The van der Waals surface area contributed by atoms with Crippen molar-refractivity contribution < 1.29 is 14.3 Å². The van der Waals surface area contributed by atoms with Crippen LogP contribution in [0.15, 0.2) is 48.5 Å². The number of ether oxygens (including phenoxy) is 1. The lowest BCUT2D eigenvalue weighted by Crippen LogP contribution is -2.30. The van der Waals surface area contributed by atoms with Gasteiger partial charge in [-0.25, -0.2) is 0 Å². The predicted molar refractivity (Wildman–Crippen MR) is 96.5 cm³/mol. The molecule has 1 aliphatic rings. The quantitative estimate of drug-likeness (QED) is 0.562. The van der Waals surface area contributed by atoms with E-state index in [1.54, 1.807) is 7.11 Å². The fourth-order valence-corrected chi connectivity index (χ4v) is 3.12. The van der Waals surface area contributed by atoms with Crippen LogP contribution in [0.5, 0.6) is 5.75 Å². The molecule has 0 N–H and O–H groups in total. The summed E-state index contributed by atoms with van der Waals surface area (Å²) < 4.78 is 6.20. The van der Waals surface area contributed by atoms with Gasteiger partial charge in [-0.05, 0) is 71.0 Å². The maximum absolute atomic E-state index is 12.6. The predicted octanol–water partition coefficient (Wildman–Crippen LogP) is 3.42. The maximum atomic E-state index is 12.6. The van der Waals surface area contributed by atoms with Crippen LogP contribution in [-0.2, 0) is 16.0 Å². The first kappa shape index (κ1) is 16.0. The van der Waals surface area contributed by atoms with Gasteiger partial charge in [-0.1, -0.05) is 12.1 Å². The summed E-state index contributed by atoms with van der Waals surface area (Å²) in [6.45, 7) is 0. The van der Waals surface area contributed by atoms with Crippen molar-refractivity contribution in [3.8, 4) is 5.75 Å². The fraction of sp³-hybridized carbons (Fsp3) is 0.222. The van der Waals surface area contributed by atoms with Gasteiger partial charge in [0.15, 0.2) is 0 Å². The van der Waals surface area contributed by atoms with E-state index in [1.165, 1.54) is 4.90 Å². The minimum Gasteiger partial charge on any atom is -0.497 e. The Morgan fingerprint density at radius 2 is 1.74 bits per heavy atom. The van der Waals surface area contributed by atoms with Crippen molar-refractivity contribution in [2.24, 2.45) is 5.92 Å². The van der Waals surface area contributed by atoms with E-state index in [2.05, 4.69) is 22.6 Å². The average molecular weight is 421 g/mol. The first-order valence-electron chi connectivity index (χ1n) is 7.34. The molecule has 1 aliphatic heterocycles. The Morgan fingerprint density at radius 1 is 1.09 bits per heavy atom. The molecule has 1 heterocycles. The third kappa shape index (κ3) is 3.39. The first-order valence-corrected chi connectivity index (χ1v) is 8.41. The number of amides is 2. The van der Waals surface area contributed by atoms with Crippen LogP contribution in [0, 0.1) is 9.49 Å². The summed E-state index contributed by atoms with van der Waals surface area (Å²) in [7, 11) is 1.62. The van der Waals surface area contributed by atoms with Crippen LogP contribution in [0.25, 0.3) is 0 Å². The lowest BCUT2D eigenvalue weighted by Gasteiger charge is -2.15. The van der Waals surface area contributed by atoms with Gasteiger partial charge in [-0.15, -0.1) is 0 Å². The molecule has 2 aromatic carbocycles. The summed E-state index contributed by atoms with van der Waals surface area (Å²) >= 11 is 2.20. The molecule has 0 radical (unpaired) electrons. The zero-order chi connectivity index (χ0) is 16.4. The molecular formula is C18H16INO3. The van der Waals surface area contributed by atoms with Gasteiger partial charge in [-0.3, -0.25) is 14.5 Å². The third-order valence-corrected chi connectivity index (χ3v) is 4.69. The lowest BCUT2D eigenvalue weighted by molar-refractivity contribution is -0.122. The van der Waals surface area contributed by atoms with Crippen LogP contribution in [0.2, 0.25) is 0 Å². The van der Waals surface area contributed by atoms with Gasteiger partial charge in [0.2, 0.25) is 11.8 Å². The smallest absolute Gasteiger partial charge is 0.237 e. The Bertz CT molecular complexity index is 725. The SMILES string of the molecule is COc1ccc(CC2CC(=O)N(c3ccc(I)cc3)C2=O)cc1. The topological polar surface area (TPSA) is 46.6 Å². The van der Waals surface area contributed by atoms with Crippen LogP contribution in [0.4, 0.5) is 5.69 Å². The molecular weight excluding hydrogens is 405 g/mol. The summed E-state index contributed by atoms with van der Waals surface area (Å²) in [5.74, 6) is 0.236. The Morgan fingerprint density at radius 3 is 2.35 bits per heavy atom. The number of imide groups is 1. The summed E-state index contributed by atoms with van der Waals surface area (Å²) in [6.07, 6.45) is 0.826. The molecule has 3 rings (SSSR count). The zero-order valence-electron chi connectivity index (χ0n) is 12.7. The van der Waals surface area contributed by atoms with Crippen LogP contribution < -0.4 is 9.64 Å². The molecule has 5 heteroatoms. The second kappa shape index (κ2) is 6.70. The number of hydrogen-bond donors (Lipinski definition) is 0. The minimum atomic E-state index is -0.296. The van der Waals surface area contributed by atoms with E-state index in [0.29, 0.717) is 12.1 Å². The molecule has 118 valence electrons. The minimum absolute atomic E-state index is 0.118. The highest BCUT2D eigenvalue weighted by Gasteiger charge is 2.39. The van der Waals surface area contributed by atoms with Gasteiger partial charge in [0.25, 0.3) is 0 Å². The number of benzene rings is 2. The van der Waals surface area contributed by atoms with Gasteiger partial charge in [0, 0.05) is 9.99 Å². The van der Waals surface area contributed by atoms with E-state index in [1.807, 2.05) is 48.5 Å². The molecule has 23 heavy (non-hydrogen) atoms. The van der Waals surface area contributed by atoms with E-state index in [0.717, 1.165) is 14.9 Å². The van der Waals surface area contributed by atoms with Gasteiger partial charge >= 0.3 is 0 Å². The molecule has 4 nitrogen and oxygen atoms in total. The normalized spacial score (nSPS) is 17.7. The van der Waals surface area contributed by atoms with Crippen molar-refractivity contribution in [3.63, 3.8) is 0 Å². The molecule has 0 saturated carbocycles. The van der Waals surface area contributed by atoms with Crippen LogP contribution in [0.1, 0.15) is 12.0 Å². The molecule has 1 fully saturated rings. The van der Waals surface area contributed by atoms with Crippen molar-refractivity contribution in [2.45, 2.75) is 12.8 Å². The number of nitrogens with zero attached hydrogens (tertiary/aromatic N) is 1. The van der Waals surface area contributed by atoms with Crippen molar-refractivity contribution in [2.75, 3.05) is 12.0 Å². The molecule has 1 unspecified atom stereocenters. The zero-order valence-corrected chi connectivity index (χ0v) is 14.8. The Kier molecular flexibility index (Phi) is 4.66. The second-order valence-corrected chi connectivity index (χ2v) is 6.74. The number of halogens is 1. The van der Waals surface area contributed by atoms with Gasteiger partial charge < -0.3 is 4.74 Å². The summed E-state index contributed by atoms with van der Waals surface area (Å²) in [6, 6.07) is 15.0. The molecule has 1 atom stereocenters. The standard InChI is InChI=1S/C18H16INO3/c1-23-16-8-2-12(3-9-16)10-13-11-17(21)20(18(13)22)15-6-4-14(19)5-7-15/h2-9,13H,10-11H2,1H3. The Balaban J connectivity index is 1.76. The van der Waals surface area contributed by atoms with Gasteiger partial charge in [0.1, 0.15) is 5.75 Å². The maximum Gasteiger partial charge on any atom is 0.237 e. The third-order valence-electron chi connectivity index (χ3n) is 3.97. The summed E-state index contributed by atoms with van der Waals surface area (Å²) in [4.78, 5) is 26.2. The monoisotopic (exact) mass is 421 g/mol. The van der Waals surface area contributed by atoms with Gasteiger partial charge in [-0.2, -0.15) is 0 Å². The molecule has 0 aromatic heterocycles. The van der Waals surface area contributed by atoms with Crippen LogP contribution in [-0.4, -0.2) is 18.9 Å². The number of hydrogen-bond acceptors (Lipinski definition) is 3. The molecule has 2 amide bonds. The van der Waals surface area contributed by atoms with E-state index in [9.17, 15) is 9.59 Å². The number of carbonyl (C=O) groups excluding carboxylic acids is 2. The molecule has 2 aromatic rings. The Labute approximate surface area is 148 Å². The van der Waals surface area contributed by atoms with E-state index >= 15 is 0 Å². The highest BCUT2D eigenvalue weighted by Crippen LogP contribution is 2.29. The highest BCUT2D eigenvalue weighted by atomic mass is 127. The second-order valence-electron chi connectivity index (χ2n) is 5.50. The number of carbonyl (C=O) groups is 2. The van der Waals surface area contributed by atoms with Crippen LogP contribution >= 0.6 is 22.6 Å². The summed E-state index contributed by atoms with van der Waals surface area (Å²) in [5, 5.41) is 0. The number of anilines is 1. The molecule has 0 bridgehead atoms. The summed E-state index contributed by atoms with van der Waals surface area (Å²) in [5.41, 5.74) is 1.68. The van der Waals surface area contributed by atoms with Crippen molar-refractivity contribution in [3.05, 3.63) is 57.7 Å². The average Bonchev–Trinajstić information content (AvgIpc) is 2.83. The van der Waals surface area contributed by atoms with E-state index in [4.69, 9.17) is 4.74 Å². The van der Waals surface area contributed by atoms with Gasteiger partial charge in [0.05, 0.1) is 18.7 Å². The lowest BCUT2D eigenvalue weighted by atomic mass is 9.98. The first-order chi connectivity index (χ1) is 11.1. The fourth-order valence-electron chi connectivity index (χ4n) is 2.76. The van der Waals surface area contributed by atoms with E-state index in [-0.39, 0.29) is 24.2 Å². The number of rotatable bonds is 4. The largest absolute Gasteiger partial charge is 0.497 e. The van der Waals surface area contributed by atoms with Crippen molar-refractivity contribution in [1.82, 2.24) is 0 Å². The molecule has 0 spiro atoms. The van der Waals surface area contributed by atoms with E-state index < -0.39 is 0 Å². The van der Waals surface area contributed by atoms with Crippen molar-refractivity contribution >= 4 is 40.1 Å². The highest BCUT2D eigenvalue weighted by molar-refractivity contribution is 14.1.